The average Bonchev–Trinajstić information content (AvgIpc) is 2.26. The van der Waals surface area contributed by atoms with Gasteiger partial charge < -0.3 is 5.32 Å². The van der Waals surface area contributed by atoms with Crippen molar-refractivity contribution in [1.29, 1.82) is 0 Å². The molecule has 0 radical (unpaired) electrons. The minimum Gasteiger partial charge on any atom is -0.314 e. The van der Waals surface area contributed by atoms with Gasteiger partial charge in [0, 0.05) is 12.5 Å². The molecule has 1 N–H and O–H groups in total. The molecule has 1 atom stereocenters. The van der Waals surface area contributed by atoms with Crippen molar-refractivity contribution >= 4 is 0 Å². The standard InChI is InChI=1S/C14H27N/c1-5-9-10-11-14(15-12-6-2)13(7-3)8-4/h13-15H,6-8,10-12H2,1-4H3. The van der Waals surface area contributed by atoms with E-state index in [2.05, 4.69) is 37.9 Å². The Hall–Kier alpha value is -0.480. The van der Waals surface area contributed by atoms with Crippen LogP contribution in [-0.2, 0) is 0 Å². The lowest BCUT2D eigenvalue weighted by Crippen LogP contribution is -2.36. The predicted octanol–water partition coefficient (Wildman–Crippen LogP) is 3.59. The summed E-state index contributed by atoms with van der Waals surface area (Å²) >= 11 is 0. The van der Waals surface area contributed by atoms with Gasteiger partial charge in [-0.15, -0.1) is 11.8 Å². The van der Waals surface area contributed by atoms with Gasteiger partial charge in [0.2, 0.25) is 0 Å². The van der Waals surface area contributed by atoms with E-state index in [0.29, 0.717) is 6.04 Å². The highest BCUT2D eigenvalue weighted by atomic mass is 14.9. The minimum atomic E-state index is 0.667. The molecule has 0 aliphatic rings. The summed E-state index contributed by atoms with van der Waals surface area (Å²) in [6.07, 6.45) is 6.01. The summed E-state index contributed by atoms with van der Waals surface area (Å²) in [5.41, 5.74) is 0. The van der Waals surface area contributed by atoms with E-state index in [4.69, 9.17) is 0 Å². The first-order valence-corrected chi connectivity index (χ1v) is 6.43. The normalized spacial score (nSPS) is 12.3. The zero-order valence-corrected chi connectivity index (χ0v) is 10.9. The van der Waals surface area contributed by atoms with Crippen molar-refractivity contribution in [2.75, 3.05) is 6.54 Å². The molecule has 0 aliphatic carbocycles. The molecule has 0 aromatic carbocycles. The first-order chi connectivity index (χ1) is 7.29. The summed E-state index contributed by atoms with van der Waals surface area (Å²) in [7, 11) is 0. The van der Waals surface area contributed by atoms with E-state index in [1.165, 1.54) is 25.7 Å². The monoisotopic (exact) mass is 209 g/mol. The van der Waals surface area contributed by atoms with Crippen molar-refractivity contribution in [3.63, 3.8) is 0 Å². The molecule has 0 amide bonds. The Bertz CT molecular complexity index is 183. The van der Waals surface area contributed by atoms with Crippen LogP contribution in [-0.4, -0.2) is 12.6 Å². The molecule has 0 bridgehead atoms. The van der Waals surface area contributed by atoms with Crippen LogP contribution in [0, 0.1) is 17.8 Å². The lowest BCUT2D eigenvalue weighted by atomic mass is 9.91. The highest BCUT2D eigenvalue weighted by Crippen LogP contribution is 2.17. The van der Waals surface area contributed by atoms with Crippen molar-refractivity contribution in [3.8, 4) is 11.8 Å². The van der Waals surface area contributed by atoms with Gasteiger partial charge in [-0.05, 0) is 32.2 Å². The van der Waals surface area contributed by atoms with Crippen LogP contribution in [0.4, 0.5) is 0 Å². The summed E-state index contributed by atoms with van der Waals surface area (Å²) in [4.78, 5) is 0. The number of hydrogen-bond acceptors (Lipinski definition) is 1. The van der Waals surface area contributed by atoms with Crippen molar-refractivity contribution in [1.82, 2.24) is 5.32 Å². The highest BCUT2D eigenvalue weighted by molar-refractivity contribution is 4.96. The van der Waals surface area contributed by atoms with Gasteiger partial charge >= 0.3 is 0 Å². The fourth-order valence-electron chi connectivity index (χ4n) is 2.04. The molecule has 1 nitrogen and oxygen atoms in total. The summed E-state index contributed by atoms with van der Waals surface area (Å²) in [6, 6.07) is 0.667. The zero-order chi connectivity index (χ0) is 11.5. The second-order valence-electron chi connectivity index (χ2n) is 4.10. The Balaban J connectivity index is 4.06. The second-order valence-corrected chi connectivity index (χ2v) is 4.10. The maximum absolute atomic E-state index is 3.66. The molecule has 1 heteroatoms. The molecule has 0 heterocycles. The molecule has 0 aliphatic heterocycles. The third kappa shape index (κ3) is 6.57. The van der Waals surface area contributed by atoms with Crippen LogP contribution in [0.25, 0.3) is 0 Å². The first kappa shape index (κ1) is 14.5. The highest BCUT2D eigenvalue weighted by Gasteiger charge is 2.16. The number of hydrogen-bond donors (Lipinski definition) is 1. The van der Waals surface area contributed by atoms with Gasteiger partial charge in [0.25, 0.3) is 0 Å². The second kappa shape index (κ2) is 10.1. The summed E-state index contributed by atoms with van der Waals surface area (Å²) in [6.45, 7) is 9.87. The fraction of sp³-hybridized carbons (Fsp3) is 0.857. The lowest BCUT2D eigenvalue weighted by Gasteiger charge is -2.25. The summed E-state index contributed by atoms with van der Waals surface area (Å²) in [5, 5.41) is 3.66. The molecule has 0 fully saturated rings. The number of rotatable bonds is 8. The van der Waals surface area contributed by atoms with Crippen LogP contribution in [0.1, 0.15) is 59.8 Å². The van der Waals surface area contributed by atoms with Crippen LogP contribution in [0.3, 0.4) is 0 Å². The average molecular weight is 209 g/mol. The van der Waals surface area contributed by atoms with Gasteiger partial charge in [-0.2, -0.15) is 0 Å². The smallest absolute Gasteiger partial charge is 0.0104 e. The van der Waals surface area contributed by atoms with Gasteiger partial charge in [0.15, 0.2) is 0 Å². The van der Waals surface area contributed by atoms with E-state index in [9.17, 15) is 0 Å². The largest absolute Gasteiger partial charge is 0.314 e. The Labute approximate surface area is 96.0 Å². The molecular formula is C14H27N. The van der Waals surface area contributed by atoms with Gasteiger partial charge in [0.1, 0.15) is 0 Å². The SMILES string of the molecule is CC#CCCC(NCCC)C(CC)CC. The quantitative estimate of drug-likeness (QED) is 0.602. The van der Waals surface area contributed by atoms with Gasteiger partial charge in [-0.1, -0.05) is 33.6 Å². The van der Waals surface area contributed by atoms with Crippen molar-refractivity contribution in [2.24, 2.45) is 5.92 Å². The van der Waals surface area contributed by atoms with E-state index in [1.54, 1.807) is 0 Å². The van der Waals surface area contributed by atoms with E-state index >= 15 is 0 Å². The third-order valence-electron chi connectivity index (χ3n) is 3.03. The van der Waals surface area contributed by atoms with Gasteiger partial charge in [0.05, 0.1) is 0 Å². The van der Waals surface area contributed by atoms with Crippen molar-refractivity contribution in [3.05, 3.63) is 0 Å². The molecule has 15 heavy (non-hydrogen) atoms. The Morgan fingerprint density at radius 3 is 2.27 bits per heavy atom. The molecule has 1 unspecified atom stereocenters. The van der Waals surface area contributed by atoms with Crippen LogP contribution in [0.5, 0.6) is 0 Å². The van der Waals surface area contributed by atoms with E-state index in [1.807, 2.05) is 6.92 Å². The van der Waals surface area contributed by atoms with Crippen LogP contribution in [0.15, 0.2) is 0 Å². The van der Waals surface area contributed by atoms with Crippen LogP contribution in [0.2, 0.25) is 0 Å². The Morgan fingerprint density at radius 2 is 1.80 bits per heavy atom. The molecule has 0 aromatic rings. The predicted molar refractivity (Wildman–Crippen MR) is 68.8 cm³/mol. The first-order valence-electron chi connectivity index (χ1n) is 6.43. The summed E-state index contributed by atoms with van der Waals surface area (Å²) < 4.78 is 0. The maximum atomic E-state index is 3.66. The molecule has 0 saturated carbocycles. The molecule has 0 aromatic heterocycles. The van der Waals surface area contributed by atoms with Gasteiger partial charge in [-0.25, -0.2) is 0 Å². The topological polar surface area (TPSA) is 12.0 Å². The molecule has 0 rings (SSSR count). The molecule has 0 spiro atoms. The fourth-order valence-corrected chi connectivity index (χ4v) is 2.04. The molecule has 0 saturated heterocycles. The van der Waals surface area contributed by atoms with E-state index < -0.39 is 0 Å². The molecule has 88 valence electrons. The number of nitrogens with one attached hydrogen (secondary N) is 1. The van der Waals surface area contributed by atoms with E-state index in [0.717, 1.165) is 18.9 Å². The third-order valence-corrected chi connectivity index (χ3v) is 3.03. The van der Waals surface area contributed by atoms with E-state index in [-0.39, 0.29) is 0 Å². The van der Waals surface area contributed by atoms with Crippen LogP contribution < -0.4 is 5.32 Å². The maximum Gasteiger partial charge on any atom is 0.0104 e. The lowest BCUT2D eigenvalue weighted by molar-refractivity contribution is 0.320. The van der Waals surface area contributed by atoms with Gasteiger partial charge in [-0.3, -0.25) is 0 Å². The Kier molecular flexibility index (Phi) is 9.73. The van der Waals surface area contributed by atoms with Crippen molar-refractivity contribution < 1.29 is 0 Å². The Morgan fingerprint density at radius 1 is 1.13 bits per heavy atom. The zero-order valence-electron chi connectivity index (χ0n) is 10.9. The summed E-state index contributed by atoms with van der Waals surface area (Å²) in [5.74, 6) is 6.96. The van der Waals surface area contributed by atoms with Crippen molar-refractivity contribution in [2.45, 2.75) is 65.8 Å². The molecular weight excluding hydrogens is 182 g/mol. The minimum absolute atomic E-state index is 0.667. The van der Waals surface area contributed by atoms with Crippen LogP contribution >= 0.6 is 0 Å².